The van der Waals surface area contributed by atoms with Crippen molar-refractivity contribution >= 4 is 21.9 Å². The summed E-state index contributed by atoms with van der Waals surface area (Å²) in [6.07, 6.45) is 3.72. The van der Waals surface area contributed by atoms with E-state index < -0.39 is 38.6 Å². The van der Waals surface area contributed by atoms with Crippen LogP contribution in [0.25, 0.3) is 0 Å². The van der Waals surface area contributed by atoms with Crippen LogP contribution in [0.15, 0.2) is 41.7 Å². The first-order valence-electron chi connectivity index (χ1n) is 9.43. The number of amides is 1. The summed E-state index contributed by atoms with van der Waals surface area (Å²) in [6, 6.07) is 7.98. The van der Waals surface area contributed by atoms with E-state index in [9.17, 15) is 18.0 Å². The minimum absolute atomic E-state index is 0.0385. The number of rotatable bonds is 4. The molecule has 2 aliphatic rings. The van der Waals surface area contributed by atoms with Crippen molar-refractivity contribution in [3.63, 3.8) is 0 Å². The lowest BCUT2D eigenvalue weighted by Gasteiger charge is -2.46. The van der Waals surface area contributed by atoms with E-state index in [2.05, 4.69) is 9.97 Å². The molecule has 0 bridgehead atoms. The predicted molar refractivity (Wildman–Crippen MR) is 104 cm³/mol. The van der Waals surface area contributed by atoms with Gasteiger partial charge in [-0.1, -0.05) is 30.3 Å². The summed E-state index contributed by atoms with van der Waals surface area (Å²) in [7, 11) is -2.49. The Hall–Kier alpha value is -3.01. The summed E-state index contributed by atoms with van der Waals surface area (Å²) in [6.45, 7) is 0.0385. The number of aromatic nitrogens is 2. The van der Waals surface area contributed by atoms with Gasteiger partial charge in [0.2, 0.25) is 15.0 Å². The van der Waals surface area contributed by atoms with Crippen LogP contribution in [-0.4, -0.2) is 48.7 Å². The first kappa shape index (κ1) is 20.3. The van der Waals surface area contributed by atoms with Gasteiger partial charge in [-0.05, 0) is 24.8 Å². The van der Waals surface area contributed by atoms with Crippen molar-refractivity contribution in [2.75, 3.05) is 13.4 Å². The molecule has 1 aliphatic carbocycles. The van der Waals surface area contributed by atoms with Gasteiger partial charge in [0.1, 0.15) is 6.61 Å². The largest absolute Gasteiger partial charge is 0.467 e. The fourth-order valence-corrected chi connectivity index (χ4v) is 4.55. The first-order chi connectivity index (χ1) is 14.3. The van der Waals surface area contributed by atoms with Gasteiger partial charge in [0.25, 0.3) is 0 Å². The van der Waals surface area contributed by atoms with Crippen molar-refractivity contribution < 1.29 is 27.5 Å². The second-order valence-corrected chi connectivity index (χ2v) is 9.35. The summed E-state index contributed by atoms with van der Waals surface area (Å²) in [5, 5.41) is -0.399. The normalized spacial score (nSPS) is 19.1. The standard InChI is InChI=1S/C20H21N3O6S/c1-28-17(24)16-15-14(11-21-18(22-15)30(2,26)27)20(9-6-10-20)23(16)19(25)29-12-13-7-4-3-5-8-13/h3-5,7-8,11,16H,6,9-10,12H2,1-2H3. The van der Waals surface area contributed by atoms with Crippen LogP contribution < -0.4 is 0 Å². The quantitative estimate of drug-likeness (QED) is 0.534. The second-order valence-electron chi connectivity index (χ2n) is 7.44. The van der Waals surface area contributed by atoms with E-state index in [0.29, 0.717) is 18.4 Å². The number of methoxy groups -OCH3 is 1. The molecular weight excluding hydrogens is 410 g/mol. The summed E-state index contributed by atoms with van der Waals surface area (Å²) in [4.78, 5) is 35.3. The Balaban J connectivity index is 1.74. The number of esters is 1. The van der Waals surface area contributed by atoms with Gasteiger partial charge in [-0.15, -0.1) is 0 Å². The molecule has 1 aromatic carbocycles. The van der Waals surface area contributed by atoms with Crippen molar-refractivity contribution in [3.05, 3.63) is 53.3 Å². The Morgan fingerprint density at radius 3 is 2.50 bits per heavy atom. The molecule has 1 aliphatic heterocycles. The summed E-state index contributed by atoms with van der Waals surface area (Å²) < 4.78 is 34.3. The van der Waals surface area contributed by atoms with Crippen LogP contribution in [0.3, 0.4) is 0 Å². The molecule has 1 unspecified atom stereocenters. The number of hydrogen-bond donors (Lipinski definition) is 0. The summed E-state index contributed by atoms with van der Waals surface area (Å²) >= 11 is 0. The fraction of sp³-hybridized carbons (Fsp3) is 0.400. The molecule has 1 fully saturated rings. The molecule has 1 amide bonds. The fourth-order valence-electron chi connectivity index (χ4n) is 4.04. The third-order valence-corrected chi connectivity index (χ3v) is 6.47. The Morgan fingerprint density at radius 2 is 1.93 bits per heavy atom. The minimum atomic E-state index is -3.70. The molecule has 0 N–H and O–H groups in total. The van der Waals surface area contributed by atoms with Gasteiger partial charge >= 0.3 is 12.1 Å². The highest BCUT2D eigenvalue weighted by Gasteiger charge is 2.60. The highest BCUT2D eigenvalue weighted by atomic mass is 32.2. The van der Waals surface area contributed by atoms with Gasteiger partial charge < -0.3 is 9.47 Å². The highest BCUT2D eigenvalue weighted by molar-refractivity contribution is 7.90. The maximum Gasteiger partial charge on any atom is 0.411 e. The van der Waals surface area contributed by atoms with Crippen molar-refractivity contribution in [2.24, 2.45) is 0 Å². The van der Waals surface area contributed by atoms with E-state index in [-0.39, 0.29) is 12.3 Å². The van der Waals surface area contributed by atoms with Crippen LogP contribution in [-0.2, 0) is 36.3 Å². The molecule has 2 heterocycles. The molecule has 2 aromatic rings. The first-order valence-corrected chi connectivity index (χ1v) is 11.3. The van der Waals surface area contributed by atoms with Gasteiger partial charge in [-0.2, -0.15) is 0 Å². The van der Waals surface area contributed by atoms with Crippen molar-refractivity contribution in [1.82, 2.24) is 14.9 Å². The zero-order valence-electron chi connectivity index (χ0n) is 16.6. The lowest BCUT2D eigenvalue weighted by atomic mass is 9.73. The monoisotopic (exact) mass is 431 g/mol. The number of ether oxygens (including phenoxy) is 2. The second kappa shape index (κ2) is 7.35. The third-order valence-electron chi connectivity index (χ3n) is 5.61. The van der Waals surface area contributed by atoms with Crippen LogP contribution in [0.2, 0.25) is 0 Å². The molecule has 9 nitrogen and oxygen atoms in total. The van der Waals surface area contributed by atoms with Gasteiger partial charge in [0.05, 0.1) is 18.3 Å². The molecule has 1 spiro atoms. The minimum Gasteiger partial charge on any atom is -0.467 e. The number of nitrogens with zero attached hydrogens (tertiary/aromatic N) is 3. The molecule has 1 aromatic heterocycles. The van der Waals surface area contributed by atoms with Gasteiger partial charge in [-0.3, -0.25) is 4.90 Å². The molecule has 30 heavy (non-hydrogen) atoms. The Morgan fingerprint density at radius 1 is 1.23 bits per heavy atom. The van der Waals surface area contributed by atoms with E-state index in [0.717, 1.165) is 18.2 Å². The van der Waals surface area contributed by atoms with Gasteiger partial charge in [0.15, 0.2) is 6.04 Å². The number of carbonyl (C=O) groups is 2. The predicted octanol–water partition coefficient (Wildman–Crippen LogP) is 2.13. The van der Waals surface area contributed by atoms with E-state index >= 15 is 0 Å². The third kappa shape index (κ3) is 3.20. The maximum atomic E-state index is 13.1. The molecular formula is C20H21N3O6S. The molecule has 1 atom stereocenters. The van der Waals surface area contributed by atoms with Crippen LogP contribution in [0.4, 0.5) is 4.79 Å². The number of carbonyl (C=O) groups excluding carboxylic acids is 2. The Kier molecular flexibility index (Phi) is 4.97. The average Bonchev–Trinajstić information content (AvgIpc) is 3.02. The van der Waals surface area contributed by atoms with Crippen molar-refractivity contribution in [1.29, 1.82) is 0 Å². The molecule has 4 rings (SSSR count). The number of benzene rings is 1. The molecule has 158 valence electrons. The van der Waals surface area contributed by atoms with E-state index in [1.165, 1.54) is 18.2 Å². The number of fused-ring (bicyclic) bond motifs is 2. The van der Waals surface area contributed by atoms with Gasteiger partial charge in [-0.25, -0.2) is 28.0 Å². The SMILES string of the molecule is COC(=O)C1c2nc(S(C)(=O)=O)ncc2C2(CCC2)N1C(=O)OCc1ccccc1. The lowest BCUT2D eigenvalue weighted by molar-refractivity contribution is -0.149. The molecule has 0 saturated heterocycles. The summed E-state index contributed by atoms with van der Waals surface area (Å²) in [5.74, 6) is -0.713. The summed E-state index contributed by atoms with van der Waals surface area (Å²) in [5.41, 5.74) is 0.735. The van der Waals surface area contributed by atoms with E-state index in [1.54, 1.807) is 0 Å². The molecule has 0 radical (unpaired) electrons. The smallest absolute Gasteiger partial charge is 0.411 e. The van der Waals surface area contributed by atoms with E-state index in [4.69, 9.17) is 9.47 Å². The van der Waals surface area contributed by atoms with Crippen molar-refractivity contribution in [2.45, 2.75) is 42.6 Å². The average molecular weight is 431 g/mol. The maximum absolute atomic E-state index is 13.1. The molecule has 1 saturated carbocycles. The molecule has 10 heteroatoms. The Bertz CT molecular complexity index is 1100. The van der Waals surface area contributed by atoms with Crippen LogP contribution in [0, 0.1) is 0 Å². The van der Waals surface area contributed by atoms with Crippen LogP contribution in [0.1, 0.15) is 42.1 Å². The zero-order valence-corrected chi connectivity index (χ0v) is 17.4. The Labute approximate surface area is 174 Å². The van der Waals surface area contributed by atoms with Crippen molar-refractivity contribution in [3.8, 4) is 0 Å². The number of hydrogen-bond acceptors (Lipinski definition) is 8. The topological polar surface area (TPSA) is 116 Å². The van der Waals surface area contributed by atoms with Gasteiger partial charge in [0, 0.05) is 18.0 Å². The van der Waals surface area contributed by atoms with Crippen LogP contribution in [0.5, 0.6) is 0 Å². The van der Waals surface area contributed by atoms with E-state index in [1.807, 2.05) is 30.3 Å². The lowest BCUT2D eigenvalue weighted by Crippen LogP contribution is -2.52. The number of sulfone groups is 1. The highest BCUT2D eigenvalue weighted by Crippen LogP contribution is 2.56. The van der Waals surface area contributed by atoms with Crippen LogP contribution >= 0.6 is 0 Å². The zero-order chi connectivity index (χ0) is 21.5.